The van der Waals surface area contributed by atoms with E-state index in [2.05, 4.69) is 43.7 Å². The highest BCUT2D eigenvalue weighted by Gasteiger charge is 2.44. The molecular formula is C48H63N7O8S. The van der Waals surface area contributed by atoms with Gasteiger partial charge in [0.2, 0.25) is 23.6 Å². The Morgan fingerprint density at radius 1 is 0.828 bits per heavy atom. The number of likely N-dealkylation sites (tertiary alicyclic amines) is 1. The summed E-state index contributed by atoms with van der Waals surface area (Å²) in [5.41, 5.74) is 6.24. The molecule has 4 amide bonds. The number of β-amino-alcohol motifs (C(OH)–C–C–N with tert-alkyl or cyclic N) is 1. The number of carbonyl (C=O) groups is 4. The second-order valence-electron chi connectivity index (χ2n) is 17.3. The molecule has 4 heterocycles. The zero-order chi connectivity index (χ0) is 45.5. The van der Waals surface area contributed by atoms with Crippen LogP contribution in [-0.2, 0) is 39.9 Å². The highest BCUT2D eigenvalue weighted by atomic mass is 32.1. The molecule has 2 fully saturated rings. The predicted molar refractivity (Wildman–Crippen MR) is 244 cm³/mol. The average molecular weight is 898 g/mol. The largest absolute Gasteiger partial charge is 0.391 e. The highest BCUT2D eigenvalue weighted by molar-refractivity contribution is 7.13. The van der Waals surface area contributed by atoms with Crippen LogP contribution in [0.3, 0.4) is 0 Å². The number of ether oxygens (including phenoxy) is 3. The van der Waals surface area contributed by atoms with E-state index in [4.69, 9.17) is 14.2 Å². The molecule has 0 radical (unpaired) electrons. The van der Waals surface area contributed by atoms with Gasteiger partial charge in [0.1, 0.15) is 12.1 Å². The van der Waals surface area contributed by atoms with Gasteiger partial charge in [0.15, 0.2) is 0 Å². The third-order valence-corrected chi connectivity index (χ3v) is 12.5. The molecule has 2 saturated heterocycles. The van der Waals surface area contributed by atoms with Crippen LogP contribution >= 0.6 is 11.3 Å². The van der Waals surface area contributed by atoms with Crippen LogP contribution in [0.5, 0.6) is 0 Å². The number of benzene rings is 2. The number of nitrogens with one attached hydrogen (secondary N) is 2. The van der Waals surface area contributed by atoms with Crippen LogP contribution in [-0.4, -0.2) is 144 Å². The first-order valence-corrected chi connectivity index (χ1v) is 23.0. The summed E-state index contributed by atoms with van der Waals surface area (Å²) < 4.78 is 16.9. The molecule has 4 aromatic rings. The Labute approximate surface area is 380 Å². The molecule has 16 heteroatoms. The zero-order valence-corrected chi connectivity index (χ0v) is 38.3. The van der Waals surface area contributed by atoms with Gasteiger partial charge in [-0.15, -0.1) is 11.3 Å². The van der Waals surface area contributed by atoms with Gasteiger partial charge in [0.25, 0.3) is 0 Å². The van der Waals surface area contributed by atoms with Gasteiger partial charge in [-0.1, -0.05) is 81.4 Å². The van der Waals surface area contributed by atoms with Crippen molar-refractivity contribution in [1.29, 1.82) is 0 Å². The van der Waals surface area contributed by atoms with E-state index in [0.717, 1.165) is 40.5 Å². The molecule has 15 nitrogen and oxygen atoms in total. The summed E-state index contributed by atoms with van der Waals surface area (Å²) in [6.45, 7) is 12.2. The Morgan fingerprint density at radius 3 is 2.11 bits per heavy atom. The summed E-state index contributed by atoms with van der Waals surface area (Å²) in [5.74, 6) is -1.07. The monoisotopic (exact) mass is 897 g/mol. The van der Waals surface area contributed by atoms with E-state index < -0.39 is 29.5 Å². The van der Waals surface area contributed by atoms with Crippen LogP contribution in [0.4, 0.5) is 0 Å². The molecule has 3 N–H and O–H groups in total. The molecule has 0 bridgehead atoms. The van der Waals surface area contributed by atoms with Crippen molar-refractivity contribution in [1.82, 2.24) is 35.3 Å². The third kappa shape index (κ3) is 13.7. The van der Waals surface area contributed by atoms with Gasteiger partial charge in [-0.2, -0.15) is 0 Å². The minimum absolute atomic E-state index is 0.00334. The molecule has 4 atom stereocenters. The molecule has 1 unspecified atom stereocenters. The number of piperazine rings is 1. The second-order valence-corrected chi connectivity index (χ2v) is 18.1. The number of aromatic nitrogens is 2. The SMILES string of the molecule is Cc1ncsc1-c1ccc(CNC(=O)[C@@H]2C[C@@H](O)CN2C(=O)[C@@H](NC(=O)CCOCCOCCOCCC(=O)N2CCN(C(c3ccccc3)c3ccccn3)CC2)C(C)(C)C)cc1. The van der Waals surface area contributed by atoms with Crippen molar-refractivity contribution in [3.05, 3.63) is 107 Å². The highest BCUT2D eigenvalue weighted by Crippen LogP contribution is 2.30. The Kier molecular flexibility index (Phi) is 17.9. The topological polar surface area (TPSA) is 176 Å². The van der Waals surface area contributed by atoms with Gasteiger partial charge in [0.05, 0.1) is 80.0 Å². The molecule has 2 aliphatic heterocycles. The van der Waals surface area contributed by atoms with Crippen LogP contribution < -0.4 is 10.6 Å². The van der Waals surface area contributed by atoms with E-state index in [9.17, 15) is 24.3 Å². The third-order valence-electron chi connectivity index (χ3n) is 11.5. The van der Waals surface area contributed by atoms with Crippen molar-refractivity contribution >= 4 is 35.0 Å². The minimum Gasteiger partial charge on any atom is -0.391 e. The Bertz CT molecular complexity index is 2050. The van der Waals surface area contributed by atoms with Gasteiger partial charge in [-0.05, 0) is 41.2 Å². The summed E-state index contributed by atoms with van der Waals surface area (Å²) in [5, 5.41) is 16.3. The Balaban J connectivity index is 0.827. The number of amides is 4. The Morgan fingerprint density at radius 2 is 1.48 bits per heavy atom. The lowest BCUT2D eigenvalue weighted by molar-refractivity contribution is -0.144. The van der Waals surface area contributed by atoms with E-state index >= 15 is 0 Å². The second kappa shape index (κ2) is 23.7. The lowest BCUT2D eigenvalue weighted by atomic mass is 9.85. The van der Waals surface area contributed by atoms with Crippen molar-refractivity contribution in [2.75, 3.05) is 72.4 Å². The van der Waals surface area contributed by atoms with Crippen molar-refractivity contribution in [3.63, 3.8) is 0 Å². The van der Waals surface area contributed by atoms with Crippen molar-refractivity contribution in [3.8, 4) is 10.4 Å². The summed E-state index contributed by atoms with van der Waals surface area (Å²) >= 11 is 1.57. The molecule has 0 saturated carbocycles. The van der Waals surface area contributed by atoms with Gasteiger partial charge in [-0.25, -0.2) is 4.98 Å². The zero-order valence-electron chi connectivity index (χ0n) is 37.4. The fraction of sp³-hybridized carbons (Fsp3) is 0.500. The van der Waals surface area contributed by atoms with E-state index in [0.29, 0.717) is 45.9 Å². The fourth-order valence-electron chi connectivity index (χ4n) is 8.01. The minimum atomic E-state index is -0.928. The maximum Gasteiger partial charge on any atom is 0.246 e. The standard InChI is InChI=1S/C48H63N7O8S/c1-34-44(64-33-51-34)37-15-13-35(14-16-37)31-50-46(59)40-30-38(56)32-55(40)47(60)45(48(2,3)4)52-41(57)17-24-61-26-28-63-29-27-62-25-18-42(58)53-20-22-54(23-21-53)43(36-10-6-5-7-11-36)39-12-8-9-19-49-39/h5-16,19,33,38,40,43,45,56H,17-18,20-32H2,1-4H3,(H,50,59)(H,52,57)/t38-,40+,43?,45-/m1/s1. The number of rotatable bonds is 21. The average Bonchev–Trinajstić information content (AvgIpc) is 3.92. The van der Waals surface area contributed by atoms with Gasteiger partial charge in [-0.3, -0.25) is 29.1 Å². The van der Waals surface area contributed by atoms with Crippen LogP contribution in [0.25, 0.3) is 10.4 Å². The van der Waals surface area contributed by atoms with E-state index in [1.54, 1.807) is 11.3 Å². The molecule has 2 aliphatic rings. The van der Waals surface area contributed by atoms with Crippen LogP contribution in [0, 0.1) is 12.3 Å². The van der Waals surface area contributed by atoms with Gasteiger partial charge in [0, 0.05) is 58.3 Å². The quantitative estimate of drug-likeness (QED) is 0.101. The number of aliphatic hydroxyl groups is 1. The van der Waals surface area contributed by atoms with E-state index in [1.165, 1.54) is 10.5 Å². The Hall–Kier alpha value is -5.10. The fourth-order valence-corrected chi connectivity index (χ4v) is 8.82. The lowest BCUT2D eigenvalue weighted by Gasteiger charge is -2.39. The maximum absolute atomic E-state index is 13.9. The van der Waals surface area contributed by atoms with Crippen molar-refractivity contribution in [2.24, 2.45) is 5.41 Å². The van der Waals surface area contributed by atoms with Crippen molar-refractivity contribution < 1.29 is 38.5 Å². The first-order chi connectivity index (χ1) is 30.9. The predicted octanol–water partition coefficient (Wildman–Crippen LogP) is 4.39. The van der Waals surface area contributed by atoms with Crippen molar-refractivity contribution in [2.45, 2.75) is 77.7 Å². The number of thiazole rings is 1. The number of carbonyl (C=O) groups excluding carboxylic acids is 4. The summed E-state index contributed by atoms with van der Waals surface area (Å²) in [6, 6.07) is 22.4. The molecular weight excluding hydrogens is 835 g/mol. The van der Waals surface area contributed by atoms with E-state index in [1.807, 2.05) is 98.9 Å². The van der Waals surface area contributed by atoms with Gasteiger partial charge >= 0.3 is 0 Å². The number of nitrogens with zero attached hydrogens (tertiary/aromatic N) is 5. The number of hydrogen-bond acceptors (Lipinski definition) is 12. The first kappa shape index (κ1) is 48.4. The smallest absolute Gasteiger partial charge is 0.246 e. The van der Waals surface area contributed by atoms with Crippen LogP contribution in [0.1, 0.15) is 68.6 Å². The maximum atomic E-state index is 13.9. The number of aryl methyl sites for hydroxylation is 1. The van der Waals surface area contributed by atoms with E-state index in [-0.39, 0.29) is 62.9 Å². The molecule has 0 aliphatic carbocycles. The molecule has 64 heavy (non-hydrogen) atoms. The number of hydrogen-bond donors (Lipinski definition) is 3. The normalized spacial score (nSPS) is 17.8. The molecule has 2 aromatic carbocycles. The number of aliphatic hydroxyl groups excluding tert-OH is 1. The molecule has 6 rings (SSSR count). The van der Waals surface area contributed by atoms with Gasteiger partial charge < -0.3 is 39.8 Å². The first-order valence-electron chi connectivity index (χ1n) is 22.1. The summed E-state index contributed by atoms with van der Waals surface area (Å²) in [7, 11) is 0. The number of pyridine rings is 1. The molecule has 2 aromatic heterocycles. The summed E-state index contributed by atoms with van der Waals surface area (Å²) in [6.07, 6.45) is 1.39. The lowest BCUT2D eigenvalue weighted by Crippen LogP contribution is -2.57. The molecule has 0 spiro atoms. The molecule has 344 valence electrons. The van der Waals surface area contributed by atoms with Crippen LogP contribution in [0.15, 0.2) is 84.5 Å². The van der Waals surface area contributed by atoms with Crippen LogP contribution in [0.2, 0.25) is 0 Å². The summed E-state index contributed by atoms with van der Waals surface area (Å²) in [4.78, 5) is 69.0.